The lowest BCUT2D eigenvalue weighted by atomic mass is 10.2. The van der Waals surface area contributed by atoms with E-state index in [-0.39, 0.29) is 11.4 Å². The van der Waals surface area contributed by atoms with Gasteiger partial charge in [-0.25, -0.2) is 9.48 Å². The Morgan fingerprint density at radius 2 is 1.89 bits per heavy atom. The number of methoxy groups -OCH3 is 1. The molecule has 2 aromatic rings. The Kier molecular flexibility index (Phi) is 3.24. The number of alkyl halides is 3. The van der Waals surface area contributed by atoms with Crippen LogP contribution in [0.4, 0.5) is 13.2 Å². The Labute approximate surface area is 105 Å². The van der Waals surface area contributed by atoms with Crippen LogP contribution in [0, 0.1) is 0 Å². The minimum Gasteiger partial charge on any atom is -0.464 e. The third-order valence-electron chi connectivity index (χ3n) is 2.38. The Balaban J connectivity index is 2.38. The van der Waals surface area contributed by atoms with E-state index in [1.54, 1.807) is 0 Å². The number of aromatic nitrogens is 3. The summed E-state index contributed by atoms with van der Waals surface area (Å²) >= 11 is 0. The van der Waals surface area contributed by atoms with Gasteiger partial charge in [0.2, 0.25) is 0 Å². The summed E-state index contributed by atoms with van der Waals surface area (Å²) in [5, 5.41) is 7.16. The van der Waals surface area contributed by atoms with Crippen molar-refractivity contribution >= 4 is 5.97 Å². The van der Waals surface area contributed by atoms with Gasteiger partial charge in [-0.15, -0.1) is 5.10 Å². The molecular formula is C11H8F3N3O2. The van der Waals surface area contributed by atoms with Gasteiger partial charge in [-0.3, -0.25) is 0 Å². The molecule has 5 nitrogen and oxygen atoms in total. The number of esters is 1. The van der Waals surface area contributed by atoms with Crippen molar-refractivity contribution in [3.8, 4) is 5.69 Å². The van der Waals surface area contributed by atoms with Crippen molar-refractivity contribution < 1.29 is 22.7 Å². The fourth-order valence-corrected chi connectivity index (χ4v) is 1.46. The van der Waals surface area contributed by atoms with E-state index >= 15 is 0 Å². The van der Waals surface area contributed by atoms with Crippen LogP contribution in [-0.2, 0) is 10.9 Å². The molecule has 8 heteroatoms. The highest BCUT2D eigenvalue weighted by Crippen LogP contribution is 2.29. The molecule has 0 N–H and O–H groups in total. The van der Waals surface area contributed by atoms with Crippen molar-refractivity contribution in [1.29, 1.82) is 0 Å². The van der Waals surface area contributed by atoms with Gasteiger partial charge in [0.05, 0.1) is 24.6 Å². The van der Waals surface area contributed by atoms with Crippen LogP contribution in [-0.4, -0.2) is 28.1 Å². The maximum atomic E-state index is 12.4. The van der Waals surface area contributed by atoms with Crippen LogP contribution in [0.2, 0.25) is 0 Å². The van der Waals surface area contributed by atoms with Crippen LogP contribution in [0.3, 0.4) is 0 Å². The SMILES string of the molecule is COC(=O)c1cnnn1-c1ccc(C(F)(F)F)cc1. The Bertz CT molecular complexity index is 590. The van der Waals surface area contributed by atoms with Gasteiger partial charge in [-0.1, -0.05) is 5.21 Å². The number of halogens is 3. The molecule has 1 aromatic carbocycles. The summed E-state index contributed by atoms with van der Waals surface area (Å²) < 4.78 is 42.9. The largest absolute Gasteiger partial charge is 0.464 e. The molecular weight excluding hydrogens is 263 g/mol. The predicted octanol–water partition coefficient (Wildman–Crippen LogP) is 2.07. The topological polar surface area (TPSA) is 57.0 Å². The van der Waals surface area contributed by atoms with Crippen molar-refractivity contribution in [3.05, 3.63) is 41.7 Å². The van der Waals surface area contributed by atoms with Gasteiger partial charge in [0.15, 0.2) is 5.69 Å². The van der Waals surface area contributed by atoms with E-state index in [0.29, 0.717) is 0 Å². The second kappa shape index (κ2) is 4.71. The summed E-state index contributed by atoms with van der Waals surface area (Å²) in [7, 11) is 1.19. The van der Waals surface area contributed by atoms with Crippen LogP contribution in [0.5, 0.6) is 0 Å². The van der Waals surface area contributed by atoms with Gasteiger partial charge in [-0.05, 0) is 24.3 Å². The minimum atomic E-state index is -4.41. The lowest BCUT2D eigenvalue weighted by Crippen LogP contribution is -2.11. The van der Waals surface area contributed by atoms with Crippen molar-refractivity contribution in [2.24, 2.45) is 0 Å². The predicted molar refractivity (Wildman–Crippen MR) is 57.7 cm³/mol. The normalized spacial score (nSPS) is 11.4. The maximum absolute atomic E-state index is 12.4. The number of carbonyl (C=O) groups excluding carboxylic acids is 1. The molecule has 0 aliphatic heterocycles. The lowest BCUT2D eigenvalue weighted by molar-refractivity contribution is -0.137. The molecule has 0 aliphatic rings. The summed E-state index contributed by atoms with van der Waals surface area (Å²) in [6.07, 6.45) is -3.24. The van der Waals surface area contributed by atoms with Gasteiger partial charge < -0.3 is 4.74 Å². The van der Waals surface area contributed by atoms with Gasteiger partial charge >= 0.3 is 12.1 Å². The van der Waals surface area contributed by atoms with E-state index in [2.05, 4.69) is 15.0 Å². The van der Waals surface area contributed by atoms with E-state index in [4.69, 9.17) is 0 Å². The summed E-state index contributed by atoms with van der Waals surface area (Å²) in [4.78, 5) is 11.4. The van der Waals surface area contributed by atoms with E-state index < -0.39 is 17.7 Å². The molecule has 0 amide bonds. The number of hydrogen-bond acceptors (Lipinski definition) is 4. The van der Waals surface area contributed by atoms with Crippen LogP contribution >= 0.6 is 0 Å². The van der Waals surface area contributed by atoms with Crippen LogP contribution in [0.1, 0.15) is 16.1 Å². The summed E-state index contributed by atoms with van der Waals surface area (Å²) in [5.41, 5.74) is -0.468. The molecule has 1 aromatic heterocycles. The zero-order valence-corrected chi connectivity index (χ0v) is 9.68. The van der Waals surface area contributed by atoms with Gasteiger partial charge in [0.1, 0.15) is 0 Å². The van der Waals surface area contributed by atoms with Crippen molar-refractivity contribution in [3.63, 3.8) is 0 Å². The van der Waals surface area contributed by atoms with Gasteiger partial charge in [-0.2, -0.15) is 13.2 Å². The maximum Gasteiger partial charge on any atom is 0.416 e. The molecule has 0 saturated carbocycles. The van der Waals surface area contributed by atoms with E-state index in [9.17, 15) is 18.0 Å². The minimum absolute atomic E-state index is 0.0299. The average molecular weight is 271 g/mol. The first kappa shape index (κ1) is 13.1. The summed E-state index contributed by atoms with van der Waals surface area (Å²) in [6.45, 7) is 0. The third kappa shape index (κ3) is 2.56. The standard InChI is InChI=1S/C11H8F3N3O2/c1-19-10(18)9-6-15-16-17(9)8-4-2-7(3-5-8)11(12,13)14/h2-6H,1H3. The molecule has 0 fully saturated rings. The van der Waals surface area contributed by atoms with E-state index in [1.807, 2.05) is 0 Å². The number of carbonyl (C=O) groups is 1. The third-order valence-corrected chi connectivity index (χ3v) is 2.38. The fraction of sp³-hybridized carbons (Fsp3) is 0.182. The quantitative estimate of drug-likeness (QED) is 0.785. The highest BCUT2D eigenvalue weighted by Gasteiger charge is 2.30. The van der Waals surface area contributed by atoms with Crippen molar-refractivity contribution in [2.45, 2.75) is 6.18 Å². The molecule has 100 valence electrons. The lowest BCUT2D eigenvalue weighted by Gasteiger charge is -2.08. The molecule has 0 unspecified atom stereocenters. The Morgan fingerprint density at radius 1 is 1.26 bits per heavy atom. The van der Waals surface area contributed by atoms with Crippen LogP contribution in [0.25, 0.3) is 5.69 Å². The molecule has 0 aliphatic carbocycles. The van der Waals surface area contributed by atoms with Crippen molar-refractivity contribution in [1.82, 2.24) is 15.0 Å². The second-order valence-electron chi connectivity index (χ2n) is 3.57. The first-order valence-corrected chi connectivity index (χ1v) is 5.10. The molecule has 0 radical (unpaired) electrons. The number of benzene rings is 1. The zero-order chi connectivity index (χ0) is 14.0. The molecule has 0 spiro atoms. The monoisotopic (exact) mass is 271 g/mol. The van der Waals surface area contributed by atoms with Gasteiger partial charge in [0, 0.05) is 0 Å². The van der Waals surface area contributed by atoms with Crippen molar-refractivity contribution in [2.75, 3.05) is 7.11 Å². The smallest absolute Gasteiger partial charge is 0.416 e. The number of nitrogens with zero attached hydrogens (tertiary/aromatic N) is 3. The molecule has 0 saturated heterocycles. The average Bonchev–Trinajstić information content (AvgIpc) is 2.86. The van der Waals surface area contributed by atoms with Gasteiger partial charge in [0.25, 0.3) is 0 Å². The summed E-state index contributed by atoms with van der Waals surface area (Å²) in [6, 6.07) is 4.20. The Hall–Kier alpha value is -2.38. The van der Waals surface area contributed by atoms with E-state index in [1.165, 1.54) is 25.4 Å². The highest BCUT2D eigenvalue weighted by molar-refractivity contribution is 5.87. The number of ether oxygens (including phenoxy) is 1. The molecule has 1 heterocycles. The first-order valence-electron chi connectivity index (χ1n) is 5.10. The van der Waals surface area contributed by atoms with E-state index in [0.717, 1.165) is 16.8 Å². The fourth-order valence-electron chi connectivity index (χ4n) is 1.46. The van der Waals surface area contributed by atoms with Crippen LogP contribution in [0.15, 0.2) is 30.5 Å². The number of rotatable bonds is 2. The highest BCUT2D eigenvalue weighted by atomic mass is 19.4. The molecule has 2 rings (SSSR count). The van der Waals surface area contributed by atoms with Crippen LogP contribution < -0.4 is 0 Å². The molecule has 0 bridgehead atoms. The Morgan fingerprint density at radius 3 is 2.42 bits per heavy atom. The molecule has 0 atom stereocenters. The summed E-state index contributed by atoms with van der Waals surface area (Å²) in [5.74, 6) is -0.676. The first-order chi connectivity index (χ1) is 8.93. The number of hydrogen-bond donors (Lipinski definition) is 0. The second-order valence-corrected chi connectivity index (χ2v) is 3.57. The molecule has 19 heavy (non-hydrogen) atoms. The zero-order valence-electron chi connectivity index (χ0n) is 9.68.